The summed E-state index contributed by atoms with van der Waals surface area (Å²) in [7, 11) is 1.60. The second-order valence-corrected chi connectivity index (χ2v) is 8.76. The van der Waals surface area contributed by atoms with Gasteiger partial charge in [-0.1, -0.05) is 84.3 Å². The van der Waals surface area contributed by atoms with Crippen LogP contribution in [-0.2, 0) is 15.8 Å². The lowest BCUT2D eigenvalue weighted by molar-refractivity contribution is -0.757. The molecule has 0 aliphatic heterocycles. The monoisotopic (exact) mass is 590 g/mol. The van der Waals surface area contributed by atoms with Gasteiger partial charge in [0.05, 0.1) is 18.8 Å². The molecule has 7 nitrogen and oxygen atoms in total. The minimum Gasteiger partial charge on any atom is -0.493 e. The molecule has 1 aromatic carbocycles. The molecular formula is C31H53F3N2O5. The van der Waals surface area contributed by atoms with Gasteiger partial charge in [-0.25, -0.2) is 0 Å². The van der Waals surface area contributed by atoms with Gasteiger partial charge in [0.25, 0.3) is 5.09 Å². The number of carbonyl (C=O) groups excluding carboxylic acids is 1. The van der Waals surface area contributed by atoms with Gasteiger partial charge in [-0.15, -0.1) is 10.1 Å². The molecule has 1 atom stereocenters. The molecule has 0 aliphatic carbocycles. The molecule has 0 spiro atoms. The lowest BCUT2D eigenvalue weighted by atomic mass is 10.0. The van der Waals surface area contributed by atoms with Gasteiger partial charge < -0.3 is 14.5 Å². The van der Waals surface area contributed by atoms with Gasteiger partial charge >= 0.3 is 6.18 Å². The highest BCUT2D eigenvalue weighted by Crippen LogP contribution is 2.31. The number of hydrogen-bond donors (Lipinski definition) is 0. The molecule has 1 aromatic rings. The second kappa shape index (κ2) is 29.9. The minimum atomic E-state index is -4.33. The number of allylic oxidation sites excluding steroid dienone is 3. The van der Waals surface area contributed by atoms with Crippen LogP contribution in [0.1, 0.15) is 98.5 Å². The quantitative estimate of drug-likeness (QED) is 0.0594. The first-order valence-electron chi connectivity index (χ1n) is 14.6. The van der Waals surface area contributed by atoms with Crippen molar-refractivity contribution in [1.29, 1.82) is 0 Å². The summed E-state index contributed by atoms with van der Waals surface area (Å²) in [5.41, 5.74) is -0.676. The first kappa shape index (κ1) is 42.4. The van der Waals surface area contributed by atoms with E-state index in [1.807, 2.05) is 13.8 Å². The van der Waals surface area contributed by atoms with E-state index in [9.17, 15) is 28.1 Å². The van der Waals surface area contributed by atoms with Gasteiger partial charge in [0.2, 0.25) is 6.41 Å². The number of amides is 1. The van der Waals surface area contributed by atoms with Crippen LogP contribution in [0.15, 0.2) is 48.6 Å². The fourth-order valence-corrected chi connectivity index (χ4v) is 3.10. The molecule has 0 saturated heterocycles. The molecule has 0 aliphatic rings. The fraction of sp³-hybridized carbons (Fsp3) is 0.645. The number of rotatable bonds is 17. The number of hydrogen-bond acceptors (Lipinski definition) is 5. The van der Waals surface area contributed by atoms with Crippen molar-refractivity contribution in [3.63, 3.8) is 0 Å². The molecule has 0 fully saturated rings. The highest BCUT2D eigenvalue weighted by Gasteiger charge is 2.30. The van der Waals surface area contributed by atoms with Crippen molar-refractivity contribution in [2.45, 2.75) is 99.1 Å². The molecule has 0 radical (unpaired) electrons. The standard InChI is InChI=1S/C17H23F3O.C7H14.C5H10N2O4.C2H6/c1-3-8-14(4-2)9-5-6-12-21-16-11-7-10-15(13-16)17(18,19)20;1-3-5-7-6-4-2;1-6(5-8)3-2-4-11-7(9)10;1-2/h5,7,9-11,13-14H,3-4,6,8,12H2,1-2H3;3,5H,4,6-7H2,1-2H3;5H,2-4H2,1H3;1-2H3/b9-5+;5-3-;;. The summed E-state index contributed by atoms with van der Waals surface area (Å²) in [5.74, 6) is 0.849. The van der Waals surface area contributed by atoms with Gasteiger partial charge in [0, 0.05) is 13.6 Å². The Bertz CT molecular complexity index is 802. The predicted molar refractivity (Wildman–Crippen MR) is 161 cm³/mol. The van der Waals surface area contributed by atoms with Crippen molar-refractivity contribution in [3.8, 4) is 5.75 Å². The van der Waals surface area contributed by atoms with Gasteiger partial charge in [-0.2, -0.15) is 13.2 Å². The van der Waals surface area contributed by atoms with Crippen LogP contribution in [-0.4, -0.2) is 43.2 Å². The maximum atomic E-state index is 12.5. The molecule has 10 heteroatoms. The van der Waals surface area contributed by atoms with Gasteiger partial charge in [-0.05, 0) is 63.1 Å². The lowest BCUT2D eigenvalue weighted by Gasteiger charge is -2.10. The Hall–Kier alpha value is -3.04. The number of ether oxygens (including phenoxy) is 1. The summed E-state index contributed by atoms with van der Waals surface area (Å²) in [5, 5.41) is 8.77. The van der Waals surface area contributed by atoms with Crippen molar-refractivity contribution < 1.29 is 32.6 Å². The Morgan fingerprint density at radius 3 is 2.24 bits per heavy atom. The molecule has 0 bridgehead atoms. The Morgan fingerprint density at radius 1 is 1.05 bits per heavy atom. The molecule has 0 saturated carbocycles. The van der Waals surface area contributed by atoms with E-state index in [1.165, 1.54) is 36.6 Å². The maximum Gasteiger partial charge on any atom is 0.416 e. The first-order valence-corrected chi connectivity index (χ1v) is 14.6. The van der Waals surface area contributed by atoms with Crippen LogP contribution in [0, 0.1) is 16.0 Å². The Morgan fingerprint density at radius 2 is 1.73 bits per heavy atom. The zero-order valence-corrected chi connectivity index (χ0v) is 26.1. The Labute approximate surface area is 245 Å². The first-order chi connectivity index (χ1) is 19.5. The number of halogens is 3. The molecule has 238 valence electrons. The third kappa shape index (κ3) is 29.8. The lowest BCUT2D eigenvalue weighted by Crippen LogP contribution is -2.19. The van der Waals surface area contributed by atoms with E-state index in [4.69, 9.17) is 4.74 Å². The van der Waals surface area contributed by atoms with Crippen LogP contribution < -0.4 is 4.74 Å². The van der Waals surface area contributed by atoms with E-state index in [2.05, 4.69) is 56.8 Å². The van der Waals surface area contributed by atoms with Gasteiger partial charge in [0.15, 0.2) is 0 Å². The molecule has 41 heavy (non-hydrogen) atoms. The SMILES string of the molecule is C/C=C\CCCC.CC.CCCC(/C=C/CCOc1cccc(C(F)(F)F)c1)CC.CN(C=O)CCCO[N+](=O)[O-]. The number of unbranched alkanes of at least 4 members (excludes halogenated alkanes) is 2. The van der Waals surface area contributed by atoms with Crippen LogP contribution in [0.4, 0.5) is 13.2 Å². The summed E-state index contributed by atoms with van der Waals surface area (Å²) < 4.78 is 43.0. The number of benzene rings is 1. The van der Waals surface area contributed by atoms with Crippen molar-refractivity contribution in [2.75, 3.05) is 26.8 Å². The van der Waals surface area contributed by atoms with E-state index in [0.717, 1.165) is 25.0 Å². The van der Waals surface area contributed by atoms with Crippen molar-refractivity contribution in [3.05, 3.63) is 64.2 Å². The fourth-order valence-electron chi connectivity index (χ4n) is 3.10. The largest absolute Gasteiger partial charge is 0.493 e. The van der Waals surface area contributed by atoms with Crippen LogP contribution >= 0.6 is 0 Å². The zero-order chi connectivity index (χ0) is 31.9. The summed E-state index contributed by atoms with van der Waals surface area (Å²) in [4.78, 5) is 25.0. The topological polar surface area (TPSA) is 81.9 Å². The molecule has 1 unspecified atom stereocenters. The smallest absolute Gasteiger partial charge is 0.416 e. The molecule has 0 aromatic heterocycles. The van der Waals surface area contributed by atoms with Gasteiger partial charge in [0.1, 0.15) is 5.75 Å². The second-order valence-electron chi connectivity index (χ2n) is 8.76. The highest BCUT2D eigenvalue weighted by atomic mass is 19.4. The number of alkyl halides is 3. The van der Waals surface area contributed by atoms with Crippen LogP contribution in [0.5, 0.6) is 5.75 Å². The average Bonchev–Trinajstić information content (AvgIpc) is 2.96. The highest BCUT2D eigenvalue weighted by molar-refractivity contribution is 5.46. The average molecular weight is 591 g/mol. The van der Waals surface area contributed by atoms with Crippen molar-refractivity contribution >= 4 is 6.41 Å². The molecule has 0 heterocycles. The predicted octanol–water partition coefficient (Wildman–Crippen LogP) is 9.31. The van der Waals surface area contributed by atoms with Crippen LogP contribution in [0.25, 0.3) is 0 Å². The summed E-state index contributed by atoms with van der Waals surface area (Å²) in [6.07, 6.45) is 13.4. The third-order valence-corrected chi connectivity index (χ3v) is 5.30. The van der Waals surface area contributed by atoms with Crippen LogP contribution in [0.2, 0.25) is 0 Å². The zero-order valence-electron chi connectivity index (χ0n) is 26.1. The Balaban J connectivity index is -0.000000602. The minimum absolute atomic E-state index is 0.0329. The molecule has 1 rings (SSSR count). The Kier molecular flexibility index (Phi) is 31.0. The molecular weight excluding hydrogens is 537 g/mol. The molecule has 0 N–H and O–H groups in total. The van der Waals surface area contributed by atoms with Crippen molar-refractivity contribution in [1.82, 2.24) is 4.90 Å². The summed E-state index contributed by atoms with van der Waals surface area (Å²) in [6.45, 7) is 13.5. The molecule has 1 amide bonds. The summed E-state index contributed by atoms with van der Waals surface area (Å²) in [6, 6.07) is 4.99. The van der Waals surface area contributed by atoms with E-state index < -0.39 is 16.8 Å². The van der Waals surface area contributed by atoms with E-state index in [1.54, 1.807) is 13.1 Å². The van der Waals surface area contributed by atoms with E-state index in [0.29, 0.717) is 38.3 Å². The summed E-state index contributed by atoms with van der Waals surface area (Å²) >= 11 is 0. The van der Waals surface area contributed by atoms with Crippen molar-refractivity contribution in [2.24, 2.45) is 5.92 Å². The third-order valence-electron chi connectivity index (χ3n) is 5.30. The van der Waals surface area contributed by atoms with E-state index >= 15 is 0 Å². The number of carbonyl (C=O) groups is 1. The van der Waals surface area contributed by atoms with Gasteiger partial charge in [-0.3, -0.25) is 4.79 Å². The maximum absolute atomic E-state index is 12.5. The van der Waals surface area contributed by atoms with Crippen LogP contribution in [0.3, 0.4) is 0 Å². The normalized spacial score (nSPS) is 11.3. The van der Waals surface area contributed by atoms with E-state index in [-0.39, 0.29) is 12.4 Å². The number of nitrogens with zero attached hydrogens (tertiary/aromatic N) is 2.